The highest BCUT2D eigenvalue weighted by Crippen LogP contribution is 2.40. The van der Waals surface area contributed by atoms with E-state index in [9.17, 15) is 0 Å². The fourth-order valence-electron chi connectivity index (χ4n) is 9.09. The Labute approximate surface area is 358 Å². The molecule has 0 atom stereocenters. The molecule has 0 saturated heterocycles. The van der Waals surface area contributed by atoms with Gasteiger partial charge in [-0.2, -0.15) is 0 Å². The van der Waals surface area contributed by atoms with Crippen LogP contribution in [0.25, 0.3) is 111 Å². The van der Waals surface area contributed by atoms with Crippen LogP contribution in [0.15, 0.2) is 224 Å². The predicted octanol–water partition coefficient (Wildman–Crippen LogP) is 14.4. The lowest BCUT2D eigenvalue weighted by Gasteiger charge is -2.14. The van der Waals surface area contributed by atoms with E-state index in [1.807, 2.05) is 60.7 Å². The van der Waals surface area contributed by atoms with Crippen molar-refractivity contribution >= 4 is 43.6 Å². The third-order valence-corrected chi connectivity index (χ3v) is 12.0. The van der Waals surface area contributed by atoms with Gasteiger partial charge in [-0.25, -0.2) is 15.0 Å². The number of rotatable bonds is 7. The quantitative estimate of drug-likeness (QED) is 0.162. The Hall–Kier alpha value is -8.41. The van der Waals surface area contributed by atoms with Crippen LogP contribution in [0.3, 0.4) is 0 Å². The van der Waals surface area contributed by atoms with E-state index in [1.54, 1.807) is 0 Å². The Bertz CT molecular complexity index is 3570. The van der Waals surface area contributed by atoms with Crippen LogP contribution in [0.4, 0.5) is 0 Å². The summed E-state index contributed by atoms with van der Waals surface area (Å²) in [5, 5.41) is 4.84. The summed E-state index contributed by atoms with van der Waals surface area (Å²) in [7, 11) is 0. The topological polar surface area (TPSA) is 48.5 Å². The van der Waals surface area contributed by atoms with E-state index >= 15 is 0 Å². The molecule has 0 unspecified atom stereocenters. The molecule has 0 aliphatic heterocycles. The van der Waals surface area contributed by atoms with Gasteiger partial charge in [0.05, 0.1) is 27.8 Å². The van der Waals surface area contributed by atoms with Crippen molar-refractivity contribution in [1.82, 2.24) is 24.1 Å². The number of hydrogen-bond acceptors (Lipinski definition) is 3. The lowest BCUT2D eigenvalue weighted by Crippen LogP contribution is -2.01. The van der Waals surface area contributed by atoms with Gasteiger partial charge in [0.2, 0.25) is 0 Å². The summed E-state index contributed by atoms with van der Waals surface area (Å²) >= 11 is 0. The third kappa shape index (κ3) is 5.98. The maximum atomic E-state index is 5.05. The van der Waals surface area contributed by atoms with E-state index in [2.05, 4.69) is 173 Å². The molecule has 5 nitrogen and oxygen atoms in total. The summed E-state index contributed by atoms with van der Waals surface area (Å²) in [4.78, 5) is 15.0. The molecule has 9 aromatic carbocycles. The summed E-state index contributed by atoms with van der Waals surface area (Å²) in [6, 6.07) is 79.4. The summed E-state index contributed by atoms with van der Waals surface area (Å²) in [5.41, 5.74) is 14.3. The second-order valence-corrected chi connectivity index (χ2v) is 15.6. The standard InChI is InChI=1S/C57H37N5/c1-4-17-38(18-5-1)45-25-10-13-28-50(45)62-52-30-15-12-27-47(52)49-36-41(32-34-53(49)62)42-31-33-48-46-26-11-14-29-51(46)61(54(48)37-42)44-24-16-23-43(35-44)57-59-55(39-19-6-2-7-20-39)58-56(60-57)40-21-8-3-9-22-40/h1-37H. The molecular formula is C57H37N5. The minimum Gasteiger partial charge on any atom is -0.309 e. The number of aromatic nitrogens is 5. The van der Waals surface area contributed by atoms with Crippen molar-refractivity contribution in [3.8, 4) is 67.8 Å². The molecule has 0 saturated carbocycles. The molecule has 0 N–H and O–H groups in total. The van der Waals surface area contributed by atoms with Crippen molar-refractivity contribution in [3.63, 3.8) is 0 Å². The number of fused-ring (bicyclic) bond motifs is 6. The lowest BCUT2D eigenvalue weighted by atomic mass is 10.0. The second-order valence-electron chi connectivity index (χ2n) is 15.6. The second kappa shape index (κ2) is 14.7. The van der Waals surface area contributed by atoms with Crippen molar-refractivity contribution in [2.45, 2.75) is 0 Å². The third-order valence-electron chi connectivity index (χ3n) is 12.0. The fraction of sp³-hybridized carbons (Fsp3) is 0. The van der Waals surface area contributed by atoms with Crippen LogP contribution in [0.5, 0.6) is 0 Å². The monoisotopic (exact) mass is 791 g/mol. The van der Waals surface area contributed by atoms with E-state index < -0.39 is 0 Å². The molecule has 0 fully saturated rings. The van der Waals surface area contributed by atoms with Gasteiger partial charge in [-0.3, -0.25) is 0 Å². The van der Waals surface area contributed by atoms with Crippen molar-refractivity contribution < 1.29 is 0 Å². The minimum absolute atomic E-state index is 0.625. The Morgan fingerprint density at radius 3 is 1.44 bits per heavy atom. The zero-order valence-electron chi connectivity index (χ0n) is 33.6. The van der Waals surface area contributed by atoms with Gasteiger partial charge in [0, 0.05) is 49.5 Å². The molecular weight excluding hydrogens is 755 g/mol. The molecule has 0 aliphatic rings. The normalized spacial score (nSPS) is 11.5. The predicted molar refractivity (Wildman–Crippen MR) is 256 cm³/mol. The molecule has 3 aromatic heterocycles. The number of nitrogens with zero attached hydrogens (tertiary/aromatic N) is 5. The average Bonchev–Trinajstić information content (AvgIpc) is 3.87. The van der Waals surface area contributed by atoms with Crippen molar-refractivity contribution in [2.24, 2.45) is 0 Å². The Morgan fingerprint density at radius 1 is 0.258 bits per heavy atom. The first-order valence-electron chi connectivity index (χ1n) is 20.9. The van der Waals surface area contributed by atoms with Crippen molar-refractivity contribution in [1.29, 1.82) is 0 Å². The summed E-state index contributed by atoms with van der Waals surface area (Å²) in [5.74, 6) is 1.91. The molecule has 0 radical (unpaired) electrons. The molecule has 0 spiro atoms. The van der Waals surface area contributed by atoms with Gasteiger partial charge in [-0.05, 0) is 65.2 Å². The summed E-state index contributed by atoms with van der Waals surface area (Å²) < 4.78 is 4.79. The van der Waals surface area contributed by atoms with Crippen LogP contribution in [0.1, 0.15) is 0 Å². The molecule has 12 rings (SSSR count). The first-order chi connectivity index (χ1) is 30.7. The van der Waals surface area contributed by atoms with Gasteiger partial charge < -0.3 is 9.13 Å². The van der Waals surface area contributed by atoms with Crippen molar-refractivity contribution in [3.05, 3.63) is 224 Å². The van der Waals surface area contributed by atoms with Crippen LogP contribution in [-0.2, 0) is 0 Å². The first kappa shape index (κ1) is 35.5. The molecule has 5 heteroatoms. The highest BCUT2D eigenvalue weighted by atomic mass is 15.0. The van der Waals surface area contributed by atoms with Gasteiger partial charge >= 0.3 is 0 Å². The first-order valence-corrected chi connectivity index (χ1v) is 20.9. The molecule has 0 amide bonds. The van der Waals surface area contributed by atoms with E-state index in [4.69, 9.17) is 15.0 Å². The van der Waals surface area contributed by atoms with Crippen molar-refractivity contribution in [2.75, 3.05) is 0 Å². The Morgan fingerprint density at radius 2 is 0.742 bits per heavy atom. The van der Waals surface area contributed by atoms with Crippen LogP contribution in [0.2, 0.25) is 0 Å². The zero-order valence-corrected chi connectivity index (χ0v) is 33.6. The summed E-state index contributed by atoms with van der Waals surface area (Å²) in [6.07, 6.45) is 0. The maximum absolute atomic E-state index is 5.05. The van der Waals surface area contributed by atoms with E-state index in [1.165, 1.54) is 43.7 Å². The fourth-order valence-corrected chi connectivity index (χ4v) is 9.09. The van der Waals surface area contributed by atoms with E-state index in [0.29, 0.717) is 17.5 Å². The number of hydrogen-bond donors (Lipinski definition) is 0. The summed E-state index contributed by atoms with van der Waals surface area (Å²) in [6.45, 7) is 0. The molecule has 0 aliphatic carbocycles. The van der Waals surface area contributed by atoms with Crippen LogP contribution in [-0.4, -0.2) is 24.1 Å². The van der Waals surface area contributed by atoms with Crippen LogP contribution >= 0.6 is 0 Å². The van der Waals surface area contributed by atoms with Gasteiger partial charge in [-0.15, -0.1) is 0 Å². The molecule has 3 heterocycles. The van der Waals surface area contributed by atoms with Gasteiger partial charge in [0.1, 0.15) is 0 Å². The highest BCUT2D eigenvalue weighted by molar-refractivity contribution is 6.12. The van der Waals surface area contributed by atoms with Gasteiger partial charge in [0.25, 0.3) is 0 Å². The largest absolute Gasteiger partial charge is 0.309 e. The molecule has 62 heavy (non-hydrogen) atoms. The Kier molecular flexibility index (Phi) is 8.42. The lowest BCUT2D eigenvalue weighted by molar-refractivity contribution is 1.07. The average molecular weight is 792 g/mol. The van der Waals surface area contributed by atoms with Crippen LogP contribution < -0.4 is 0 Å². The SMILES string of the molecule is c1ccc(-c2nc(-c3ccccc3)nc(-c3cccc(-n4c5ccccc5c5ccc(-c6ccc7c(c6)c6ccccc6n7-c6ccccc6-c6ccccc6)cc54)c3)n2)cc1. The number of para-hydroxylation sites is 3. The van der Waals surface area contributed by atoms with E-state index in [0.717, 1.165) is 50.2 Å². The Balaban J connectivity index is 1.01. The van der Waals surface area contributed by atoms with Gasteiger partial charge in [-0.1, -0.05) is 176 Å². The molecule has 0 bridgehead atoms. The zero-order chi connectivity index (χ0) is 41.0. The highest BCUT2D eigenvalue weighted by Gasteiger charge is 2.19. The maximum Gasteiger partial charge on any atom is 0.164 e. The van der Waals surface area contributed by atoms with Gasteiger partial charge in [0.15, 0.2) is 17.5 Å². The minimum atomic E-state index is 0.625. The molecule has 12 aromatic rings. The van der Waals surface area contributed by atoms with E-state index in [-0.39, 0.29) is 0 Å². The number of benzene rings is 9. The van der Waals surface area contributed by atoms with Crippen LogP contribution in [0, 0.1) is 0 Å². The smallest absolute Gasteiger partial charge is 0.164 e. The molecule has 290 valence electrons.